The normalized spacial score (nSPS) is 15.1. The minimum Gasteiger partial charge on any atom is -0.310 e. The number of aryl methyl sites for hydroxylation is 1. The van der Waals surface area contributed by atoms with Crippen LogP contribution < -0.4 is 5.32 Å². The van der Waals surface area contributed by atoms with E-state index in [2.05, 4.69) is 27.4 Å². The van der Waals surface area contributed by atoms with Crippen molar-refractivity contribution in [1.29, 1.82) is 0 Å². The molecular weight excluding hydrogens is 212 g/mol. The van der Waals surface area contributed by atoms with Gasteiger partial charge in [-0.25, -0.2) is 9.97 Å². The standard InChI is InChI=1S/C13H16N4/c1-10-14-6-7-17(10)13-8-11(4-5-15-13)9-16-12-2-3-12/h4-8,12,16H,2-3,9H2,1H3. The maximum absolute atomic E-state index is 4.38. The van der Waals surface area contributed by atoms with Crippen molar-refractivity contribution in [2.45, 2.75) is 32.4 Å². The van der Waals surface area contributed by atoms with E-state index in [1.807, 2.05) is 23.9 Å². The molecule has 2 heterocycles. The molecular formula is C13H16N4. The van der Waals surface area contributed by atoms with Crippen LogP contribution in [0.2, 0.25) is 0 Å². The molecule has 1 saturated carbocycles. The van der Waals surface area contributed by atoms with Crippen LogP contribution in [0.1, 0.15) is 24.2 Å². The van der Waals surface area contributed by atoms with Crippen LogP contribution in [-0.4, -0.2) is 20.6 Å². The third-order valence-electron chi connectivity index (χ3n) is 3.05. The lowest BCUT2D eigenvalue weighted by molar-refractivity contribution is 0.686. The molecule has 0 amide bonds. The SMILES string of the molecule is Cc1nccn1-c1cc(CNC2CC2)ccn1. The molecule has 0 aromatic carbocycles. The van der Waals surface area contributed by atoms with E-state index in [-0.39, 0.29) is 0 Å². The van der Waals surface area contributed by atoms with Gasteiger partial charge >= 0.3 is 0 Å². The molecule has 0 unspecified atom stereocenters. The molecule has 4 heteroatoms. The lowest BCUT2D eigenvalue weighted by Crippen LogP contribution is -2.15. The van der Waals surface area contributed by atoms with Crippen LogP contribution in [0.4, 0.5) is 0 Å². The van der Waals surface area contributed by atoms with Crippen molar-refractivity contribution in [2.75, 3.05) is 0 Å². The zero-order valence-corrected chi connectivity index (χ0v) is 9.93. The zero-order chi connectivity index (χ0) is 11.7. The minimum absolute atomic E-state index is 0.738. The van der Waals surface area contributed by atoms with Crippen LogP contribution in [-0.2, 0) is 6.54 Å². The number of hydrogen-bond acceptors (Lipinski definition) is 3. The van der Waals surface area contributed by atoms with E-state index in [0.29, 0.717) is 0 Å². The summed E-state index contributed by atoms with van der Waals surface area (Å²) in [5.41, 5.74) is 1.27. The number of nitrogens with zero attached hydrogens (tertiary/aromatic N) is 3. The molecule has 1 fully saturated rings. The fraction of sp³-hybridized carbons (Fsp3) is 0.385. The molecule has 1 aliphatic rings. The van der Waals surface area contributed by atoms with Crippen molar-refractivity contribution in [3.05, 3.63) is 42.1 Å². The first kappa shape index (κ1) is 10.5. The average Bonchev–Trinajstić information content (AvgIpc) is 3.08. The summed E-state index contributed by atoms with van der Waals surface area (Å²) < 4.78 is 2.00. The zero-order valence-electron chi connectivity index (χ0n) is 9.93. The summed E-state index contributed by atoms with van der Waals surface area (Å²) >= 11 is 0. The fourth-order valence-electron chi connectivity index (χ4n) is 1.87. The van der Waals surface area contributed by atoms with E-state index in [4.69, 9.17) is 0 Å². The van der Waals surface area contributed by atoms with Crippen LogP contribution in [0.15, 0.2) is 30.7 Å². The van der Waals surface area contributed by atoms with Crippen molar-refractivity contribution in [2.24, 2.45) is 0 Å². The van der Waals surface area contributed by atoms with Crippen LogP contribution in [0, 0.1) is 6.92 Å². The topological polar surface area (TPSA) is 42.7 Å². The molecule has 4 nitrogen and oxygen atoms in total. The van der Waals surface area contributed by atoms with Gasteiger partial charge in [0.15, 0.2) is 0 Å². The van der Waals surface area contributed by atoms with Gasteiger partial charge < -0.3 is 5.32 Å². The van der Waals surface area contributed by atoms with Crippen molar-refractivity contribution in [1.82, 2.24) is 19.9 Å². The Morgan fingerprint density at radius 2 is 2.24 bits per heavy atom. The second-order valence-corrected chi connectivity index (χ2v) is 4.52. The third kappa shape index (κ3) is 2.36. The first-order chi connectivity index (χ1) is 8.33. The van der Waals surface area contributed by atoms with Gasteiger partial charge in [-0.2, -0.15) is 0 Å². The number of nitrogens with one attached hydrogen (secondary N) is 1. The largest absolute Gasteiger partial charge is 0.310 e. The smallest absolute Gasteiger partial charge is 0.138 e. The highest BCUT2D eigenvalue weighted by Crippen LogP contribution is 2.19. The highest BCUT2D eigenvalue weighted by molar-refractivity contribution is 5.29. The maximum Gasteiger partial charge on any atom is 0.138 e. The predicted octanol–water partition coefficient (Wildman–Crippen LogP) is 1.83. The molecule has 0 bridgehead atoms. The average molecular weight is 228 g/mol. The second kappa shape index (κ2) is 4.30. The van der Waals surface area contributed by atoms with Crippen LogP contribution in [0.25, 0.3) is 5.82 Å². The fourth-order valence-corrected chi connectivity index (χ4v) is 1.87. The summed E-state index contributed by atoms with van der Waals surface area (Å²) in [5, 5.41) is 3.51. The van der Waals surface area contributed by atoms with Gasteiger partial charge in [-0.15, -0.1) is 0 Å². The van der Waals surface area contributed by atoms with Gasteiger partial charge in [-0.3, -0.25) is 4.57 Å². The Hall–Kier alpha value is -1.68. The Bertz CT molecular complexity index is 514. The highest BCUT2D eigenvalue weighted by atomic mass is 15.1. The molecule has 0 aliphatic heterocycles. The van der Waals surface area contributed by atoms with E-state index < -0.39 is 0 Å². The molecule has 0 saturated heterocycles. The van der Waals surface area contributed by atoms with Crippen LogP contribution >= 0.6 is 0 Å². The molecule has 2 aromatic rings. The van der Waals surface area contributed by atoms with Gasteiger partial charge in [0, 0.05) is 31.2 Å². The summed E-state index contributed by atoms with van der Waals surface area (Å²) in [5.74, 6) is 1.90. The van der Waals surface area contributed by atoms with Crippen LogP contribution in [0.3, 0.4) is 0 Å². The van der Waals surface area contributed by atoms with E-state index in [1.54, 1.807) is 6.20 Å². The molecule has 1 aliphatic carbocycles. The van der Waals surface area contributed by atoms with Gasteiger partial charge in [-0.1, -0.05) is 0 Å². The molecule has 0 spiro atoms. The highest BCUT2D eigenvalue weighted by Gasteiger charge is 2.19. The van der Waals surface area contributed by atoms with Gasteiger partial charge in [0.2, 0.25) is 0 Å². The van der Waals surface area contributed by atoms with E-state index >= 15 is 0 Å². The van der Waals surface area contributed by atoms with Gasteiger partial charge in [0.05, 0.1) is 0 Å². The molecule has 0 atom stereocenters. The monoisotopic (exact) mass is 228 g/mol. The number of aromatic nitrogens is 3. The third-order valence-corrected chi connectivity index (χ3v) is 3.05. The van der Waals surface area contributed by atoms with Crippen LogP contribution in [0.5, 0.6) is 0 Å². The number of rotatable bonds is 4. The molecule has 0 radical (unpaired) electrons. The molecule has 2 aromatic heterocycles. The number of pyridine rings is 1. The lowest BCUT2D eigenvalue weighted by atomic mass is 10.2. The Morgan fingerprint density at radius 1 is 1.35 bits per heavy atom. The summed E-state index contributed by atoms with van der Waals surface area (Å²) in [6.07, 6.45) is 8.23. The minimum atomic E-state index is 0.738. The van der Waals surface area contributed by atoms with Crippen molar-refractivity contribution in [3.63, 3.8) is 0 Å². The molecule has 88 valence electrons. The summed E-state index contributed by atoms with van der Waals surface area (Å²) in [6, 6.07) is 4.91. The van der Waals surface area contributed by atoms with Gasteiger partial charge in [0.1, 0.15) is 11.6 Å². The molecule has 3 rings (SSSR count). The van der Waals surface area contributed by atoms with E-state index in [9.17, 15) is 0 Å². The summed E-state index contributed by atoms with van der Waals surface area (Å²) in [4.78, 5) is 8.59. The Labute approximate surface area is 101 Å². The quantitative estimate of drug-likeness (QED) is 0.868. The lowest BCUT2D eigenvalue weighted by Gasteiger charge is -2.07. The van der Waals surface area contributed by atoms with Gasteiger partial charge in [0.25, 0.3) is 0 Å². The maximum atomic E-state index is 4.38. The van der Waals surface area contributed by atoms with Crippen molar-refractivity contribution >= 4 is 0 Å². The van der Waals surface area contributed by atoms with Crippen molar-refractivity contribution in [3.8, 4) is 5.82 Å². The summed E-state index contributed by atoms with van der Waals surface area (Å²) in [7, 11) is 0. The van der Waals surface area contributed by atoms with Crippen molar-refractivity contribution < 1.29 is 0 Å². The Morgan fingerprint density at radius 3 is 2.94 bits per heavy atom. The first-order valence-corrected chi connectivity index (χ1v) is 6.01. The van der Waals surface area contributed by atoms with E-state index in [1.165, 1.54) is 18.4 Å². The first-order valence-electron chi connectivity index (χ1n) is 6.01. The number of hydrogen-bond donors (Lipinski definition) is 1. The molecule has 17 heavy (non-hydrogen) atoms. The molecule has 1 N–H and O–H groups in total. The van der Waals surface area contributed by atoms with E-state index in [0.717, 1.165) is 24.2 Å². The Balaban J connectivity index is 1.80. The number of imidazole rings is 1. The second-order valence-electron chi connectivity index (χ2n) is 4.52. The Kier molecular flexibility index (Phi) is 2.65. The summed E-state index contributed by atoms with van der Waals surface area (Å²) in [6.45, 7) is 2.91. The van der Waals surface area contributed by atoms with Gasteiger partial charge in [-0.05, 0) is 37.5 Å². The predicted molar refractivity (Wildman–Crippen MR) is 66.0 cm³/mol.